The van der Waals surface area contributed by atoms with E-state index in [1.54, 1.807) is 0 Å². The molecule has 66 heavy (non-hydrogen) atoms. The van der Waals surface area contributed by atoms with Gasteiger partial charge < -0.3 is 0 Å². The third-order valence-corrected chi connectivity index (χ3v) is 14.3. The lowest BCUT2D eigenvalue weighted by Crippen LogP contribution is -2.38. The van der Waals surface area contributed by atoms with Crippen LogP contribution in [0.15, 0.2) is 189 Å². The normalized spacial score (nSPS) is 15.9. The van der Waals surface area contributed by atoms with E-state index < -0.39 is 16.4 Å². The van der Waals surface area contributed by atoms with Gasteiger partial charge in [-0.3, -0.25) is 34.9 Å². The molecule has 3 aliphatic carbocycles. The van der Waals surface area contributed by atoms with E-state index in [2.05, 4.69) is 128 Å². The Labute approximate surface area is 382 Å². The van der Waals surface area contributed by atoms with Gasteiger partial charge in [-0.2, -0.15) is 0 Å². The van der Waals surface area contributed by atoms with Crippen molar-refractivity contribution < 1.29 is 9.15 Å². The van der Waals surface area contributed by atoms with Gasteiger partial charge in [-0.15, -0.1) is 0 Å². The summed E-state index contributed by atoms with van der Waals surface area (Å²) in [5, 5.41) is 0. The second-order valence-corrected chi connectivity index (χ2v) is 17.8. The molecule has 4 aliphatic rings. The molecule has 1 aliphatic heterocycles. The van der Waals surface area contributed by atoms with E-state index in [1.807, 2.05) is 97.6 Å². The fourth-order valence-corrected chi connectivity index (χ4v) is 11.6. The van der Waals surface area contributed by atoms with Crippen LogP contribution in [-0.2, 0) is 16.4 Å². The third kappa shape index (κ3) is 4.87. The number of nitrogens with zero attached hydrogens (tertiary/aromatic N) is 9. The zero-order valence-electron chi connectivity index (χ0n) is 36.5. The first-order valence-corrected chi connectivity index (χ1v) is 22.4. The molecule has 0 radical (unpaired) electrons. The number of benzene rings is 2. The lowest BCUT2D eigenvalue weighted by Gasteiger charge is -2.37. The van der Waals surface area contributed by atoms with Crippen LogP contribution in [0.3, 0.4) is 0 Å². The Morgan fingerprint density at radius 2 is 0.818 bits per heavy atom. The molecule has 9 aromatic rings. The Bertz CT molecular complexity index is 3480. The summed E-state index contributed by atoms with van der Waals surface area (Å²) >= 11 is 0. The first-order chi connectivity index (χ1) is 32.5. The molecule has 0 N–H and O–H groups in total. The van der Waals surface area contributed by atoms with E-state index in [-0.39, 0.29) is 0 Å². The van der Waals surface area contributed by atoms with Crippen LogP contribution < -0.4 is 0 Å². The minimum absolute atomic E-state index is 0.292. The molecule has 9 nitrogen and oxygen atoms in total. The average molecular weight is 852 g/mol. The van der Waals surface area contributed by atoms with Crippen LogP contribution >= 0.6 is 0 Å². The van der Waals surface area contributed by atoms with Crippen LogP contribution in [0.25, 0.3) is 34.2 Å². The maximum Gasteiger partial charge on any atom is 0.490 e. The number of hydrogen-bond acceptors (Lipinski definition) is 7. The largest absolute Gasteiger partial charge is 0.490 e. The van der Waals surface area contributed by atoms with Crippen molar-refractivity contribution in [3.05, 3.63) is 256 Å². The molecule has 7 aromatic heterocycles. The van der Waals surface area contributed by atoms with E-state index in [0.29, 0.717) is 5.92 Å². The Morgan fingerprint density at radius 3 is 1.27 bits per heavy atom. The van der Waals surface area contributed by atoms with E-state index in [9.17, 15) is 0 Å². The predicted molar refractivity (Wildman–Crippen MR) is 252 cm³/mol. The topological polar surface area (TPSA) is 96.2 Å². The van der Waals surface area contributed by atoms with Crippen LogP contribution in [0, 0.1) is 0 Å². The highest BCUT2D eigenvalue weighted by Crippen LogP contribution is 2.59. The van der Waals surface area contributed by atoms with Crippen molar-refractivity contribution in [2.75, 3.05) is 7.05 Å². The summed E-state index contributed by atoms with van der Waals surface area (Å²) in [5.74, 6) is 0.292. The standard InChI is InChI=1S/C57H41N9/c1-36(2)37-22-29-58-48(32-37)56(44-18-8-25-61-51(44)52-45(56)19-9-26-62-52)40-14-4-12-38(33-40)55(42-16-6-23-59-49(42)50-43(55)17-7-24-60-50)39-13-5-15-41(34-39)57(66-31-30-65(3)35-66)46-20-10-27-63-53(46)54-47(57)21-11-28-64-54/h4-34,36H,1-3H3/q+2. The van der Waals surface area contributed by atoms with Crippen LogP contribution in [0.1, 0.15) is 86.7 Å². The van der Waals surface area contributed by atoms with Crippen molar-refractivity contribution in [1.82, 2.24) is 34.9 Å². The highest BCUT2D eigenvalue weighted by molar-refractivity contribution is 5.85. The molecule has 0 amide bonds. The number of fused-ring (bicyclic) bond motifs is 9. The molecular formula is C57H41N9+2. The number of pyridine rings is 7. The summed E-state index contributed by atoms with van der Waals surface area (Å²) in [4.78, 5) is 35.4. The zero-order valence-corrected chi connectivity index (χ0v) is 36.5. The molecule has 0 bridgehead atoms. The number of rotatable bonds is 7. The van der Waals surface area contributed by atoms with Crippen LogP contribution in [0.4, 0.5) is 0 Å². The summed E-state index contributed by atoms with van der Waals surface area (Å²) in [7, 11) is 2.01. The van der Waals surface area contributed by atoms with Gasteiger partial charge in [-0.05, 0) is 106 Å². The molecule has 312 valence electrons. The Kier molecular flexibility index (Phi) is 8.11. The molecule has 0 spiro atoms. The van der Waals surface area contributed by atoms with Crippen molar-refractivity contribution in [2.45, 2.75) is 36.1 Å². The van der Waals surface area contributed by atoms with Gasteiger partial charge in [0.05, 0.1) is 50.4 Å². The molecule has 13 rings (SSSR count). The van der Waals surface area contributed by atoms with Gasteiger partial charge in [-0.1, -0.05) is 89.7 Å². The van der Waals surface area contributed by atoms with Gasteiger partial charge in [0.1, 0.15) is 11.4 Å². The smallest absolute Gasteiger partial charge is 0.260 e. The molecular weight excluding hydrogens is 811 g/mol. The van der Waals surface area contributed by atoms with Gasteiger partial charge in [0.25, 0.3) is 5.54 Å². The minimum atomic E-state index is -0.873. The number of hydrogen-bond donors (Lipinski definition) is 0. The first kappa shape index (κ1) is 38.1. The summed E-state index contributed by atoms with van der Waals surface area (Å²) in [6.45, 7) is 4.46. The maximum atomic E-state index is 5.26. The summed E-state index contributed by atoms with van der Waals surface area (Å²) in [5.41, 5.74) is 15.3. The molecule has 2 aromatic carbocycles. The van der Waals surface area contributed by atoms with Crippen LogP contribution in [0.5, 0.6) is 0 Å². The first-order valence-electron chi connectivity index (χ1n) is 22.4. The predicted octanol–water partition coefficient (Wildman–Crippen LogP) is 9.89. The average Bonchev–Trinajstić information content (AvgIpc) is 4.11. The molecule has 0 saturated carbocycles. The van der Waals surface area contributed by atoms with Gasteiger partial charge in [0, 0.05) is 60.1 Å². The second-order valence-electron chi connectivity index (χ2n) is 17.8. The minimum Gasteiger partial charge on any atom is -0.260 e. The third-order valence-electron chi connectivity index (χ3n) is 14.3. The maximum absolute atomic E-state index is 5.26. The number of aromatic nitrogens is 7. The van der Waals surface area contributed by atoms with E-state index in [4.69, 9.17) is 34.9 Å². The lowest BCUT2D eigenvalue weighted by atomic mass is 9.64. The monoisotopic (exact) mass is 851 g/mol. The molecule has 8 heterocycles. The lowest BCUT2D eigenvalue weighted by molar-refractivity contribution is -0.533. The van der Waals surface area contributed by atoms with Gasteiger partial charge in [0.2, 0.25) is 12.4 Å². The molecule has 0 atom stereocenters. The van der Waals surface area contributed by atoms with Crippen molar-refractivity contribution in [1.29, 1.82) is 0 Å². The highest BCUT2D eigenvalue weighted by Gasteiger charge is 2.58. The second kappa shape index (κ2) is 14.1. The van der Waals surface area contributed by atoms with E-state index in [0.717, 1.165) is 95.5 Å². The molecule has 0 unspecified atom stereocenters. The van der Waals surface area contributed by atoms with Crippen LogP contribution in [0.2, 0.25) is 0 Å². The Balaban J connectivity index is 1.14. The van der Waals surface area contributed by atoms with Gasteiger partial charge in [-0.25, -0.2) is 0 Å². The Morgan fingerprint density at radius 1 is 0.409 bits per heavy atom. The van der Waals surface area contributed by atoms with Crippen molar-refractivity contribution in [3.63, 3.8) is 0 Å². The highest BCUT2D eigenvalue weighted by atomic mass is 15.2. The molecule has 0 saturated heterocycles. The fourth-order valence-electron chi connectivity index (χ4n) is 11.6. The summed E-state index contributed by atoms with van der Waals surface area (Å²) < 4.78 is 4.15. The molecule has 0 fully saturated rings. The van der Waals surface area contributed by atoms with E-state index >= 15 is 0 Å². The van der Waals surface area contributed by atoms with Crippen molar-refractivity contribution in [2.24, 2.45) is 0 Å². The van der Waals surface area contributed by atoms with Crippen molar-refractivity contribution in [3.8, 4) is 34.2 Å². The summed E-state index contributed by atoms with van der Waals surface area (Å²) in [6.07, 6.45) is 17.3. The SMILES string of the molecule is CC(C)c1ccnc(C2(c3cccc(C4(c5cccc(C6([N+]7=C=[N+](C)C=C7)c7cccnc7-c7ncccc76)c5)c5cccnc5-c5ncccc54)c3)c3cccnc3-c3ncccc32)c1. The van der Waals surface area contributed by atoms with Gasteiger partial charge >= 0.3 is 6.01 Å². The molecule has 9 heteroatoms. The quantitative estimate of drug-likeness (QED) is 0.147. The zero-order chi connectivity index (χ0) is 44.2. The summed E-state index contributed by atoms with van der Waals surface area (Å²) in [6, 6.07) is 51.7. The van der Waals surface area contributed by atoms with Gasteiger partial charge in [0.15, 0.2) is 7.05 Å². The van der Waals surface area contributed by atoms with E-state index in [1.165, 1.54) is 5.56 Å². The Hall–Kier alpha value is -8.39. The van der Waals surface area contributed by atoms with Crippen molar-refractivity contribution >= 4 is 6.01 Å². The van der Waals surface area contributed by atoms with Crippen LogP contribution in [-0.4, -0.2) is 57.1 Å². The fraction of sp³-hybridized carbons (Fsp3) is 0.123.